The monoisotopic (exact) mass is 230 g/mol. The van der Waals surface area contributed by atoms with Crippen LogP contribution in [0.2, 0.25) is 0 Å². The molecule has 1 aliphatic rings. The molecule has 16 heavy (non-hydrogen) atoms. The van der Waals surface area contributed by atoms with Crippen molar-refractivity contribution in [2.45, 2.75) is 31.8 Å². The lowest BCUT2D eigenvalue weighted by molar-refractivity contribution is -0.123. The van der Waals surface area contributed by atoms with Crippen LogP contribution in [0.4, 0.5) is 0 Å². The number of ether oxygens (including phenoxy) is 1. The first-order valence-corrected chi connectivity index (χ1v) is 5.81. The summed E-state index contributed by atoms with van der Waals surface area (Å²) in [5.41, 5.74) is 0. The Morgan fingerprint density at radius 2 is 2.19 bits per heavy atom. The average molecular weight is 230 g/mol. The van der Waals surface area contributed by atoms with Crippen LogP contribution < -0.4 is 5.32 Å². The molecule has 94 valence electrons. The maximum atomic E-state index is 11.7. The topological polar surface area (TPSA) is 61.8 Å². The summed E-state index contributed by atoms with van der Waals surface area (Å²) >= 11 is 0. The van der Waals surface area contributed by atoms with Gasteiger partial charge in [-0.2, -0.15) is 0 Å². The van der Waals surface area contributed by atoms with Gasteiger partial charge in [0.2, 0.25) is 5.91 Å². The molecule has 1 fully saturated rings. The Labute approximate surface area is 96.8 Å². The molecule has 1 aliphatic heterocycles. The fourth-order valence-corrected chi connectivity index (χ4v) is 1.64. The summed E-state index contributed by atoms with van der Waals surface area (Å²) in [6.07, 6.45) is 1.79. The second-order valence-corrected chi connectivity index (χ2v) is 4.40. The van der Waals surface area contributed by atoms with Gasteiger partial charge in [0.05, 0.1) is 13.2 Å². The molecular weight excluding hydrogens is 208 g/mol. The number of hydrogen-bond donors (Lipinski definition) is 2. The first-order valence-electron chi connectivity index (χ1n) is 5.81. The van der Waals surface area contributed by atoms with Gasteiger partial charge in [0.15, 0.2) is 0 Å². The molecule has 0 saturated carbocycles. The van der Waals surface area contributed by atoms with Crippen LogP contribution in [0.25, 0.3) is 0 Å². The lowest BCUT2D eigenvalue weighted by Crippen LogP contribution is -2.45. The summed E-state index contributed by atoms with van der Waals surface area (Å²) in [7, 11) is 1.84. The van der Waals surface area contributed by atoms with Gasteiger partial charge in [0.25, 0.3) is 0 Å². The van der Waals surface area contributed by atoms with Crippen LogP contribution in [0.3, 0.4) is 0 Å². The largest absolute Gasteiger partial charge is 0.395 e. The zero-order valence-corrected chi connectivity index (χ0v) is 10.1. The fraction of sp³-hybridized carbons (Fsp3) is 0.909. The van der Waals surface area contributed by atoms with Crippen LogP contribution in [0.15, 0.2) is 0 Å². The molecule has 1 amide bonds. The number of amides is 1. The zero-order chi connectivity index (χ0) is 12.0. The van der Waals surface area contributed by atoms with E-state index in [-0.39, 0.29) is 24.6 Å². The first kappa shape index (κ1) is 13.4. The molecule has 0 radical (unpaired) electrons. The summed E-state index contributed by atoms with van der Waals surface area (Å²) in [4.78, 5) is 13.5. The number of nitrogens with one attached hydrogen (secondary N) is 1. The molecule has 0 aliphatic carbocycles. The Morgan fingerprint density at radius 1 is 1.56 bits per heavy atom. The third kappa shape index (κ3) is 4.47. The van der Waals surface area contributed by atoms with E-state index in [9.17, 15) is 4.79 Å². The second-order valence-electron chi connectivity index (χ2n) is 4.40. The number of aliphatic hydroxyl groups excluding tert-OH is 1. The third-order valence-corrected chi connectivity index (χ3v) is 3.00. The number of hydrogen-bond acceptors (Lipinski definition) is 4. The normalized spacial score (nSPS) is 19.8. The van der Waals surface area contributed by atoms with E-state index < -0.39 is 0 Å². The van der Waals surface area contributed by atoms with Crippen molar-refractivity contribution in [2.75, 3.05) is 33.4 Å². The predicted octanol–water partition coefficient (Wildman–Crippen LogP) is -0.406. The van der Waals surface area contributed by atoms with Crippen molar-refractivity contribution in [3.8, 4) is 0 Å². The lowest BCUT2D eigenvalue weighted by atomic mass is 10.1. The van der Waals surface area contributed by atoms with Gasteiger partial charge in [-0.05, 0) is 26.8 Å². The van der Waals surface area contributed by atoms with Crippen LogP contribution in [0, 0.1) is 0 Å². The smallest absolute Gasteiger partial charge is 0.234 e. The van der Waals surface area contributed by atoms with Crippen molar-refractivity contribution in [2.24, 2.45) is 0 Å². The van der Waals surface area contributed by atoms with Gasteiger partial charge in [-0.25, -0.2) is 0 Å². The summed E-state index contributed by atoms with van der Waals surface area (Å²) in [6, 6.07) is 0.263. The van der Waals surface area contributed by atoms with Gasteiger partial charge < -0.3 is 15.2 Å². The number of carbonyl (C=O) groups excluding carboxylic acids is 1. The Morgan fingerprint density at radius 3 is 2.75 bits per heavy atom. The summed E-state index contributed by atoms with van der Waals surface area (Å²) in [5.74, 6) is 0.0229. The van der Waals surface area contributed by atoms with Gasteiger partial charge in [0.1, 0.15) is 0 Å². The molecule has 0 aromatic rings. The molecule has 1 atom stereocenters. The third-order valence-electron chi connectivity index (χ3n) is 3.00. The number of rotatable bonds is 5. The van der Waals surface area contributed by atoms with Crippen molar-refractivity contribution >= 4 is 5.91 Å². The maximum Gasteiger partial charge on any atom is 0.234 e. The Bertz CT molecular complexity index is 211. The molecule has 2 N–H and O–H groups in total. The molecular formula is C11H22N2O3. The van der Waals surface area contributed by atoms with Gasteiger partial charge >= 0.3 is 0 Å². The highest BCUT2D eigenvalue weighted by molar-refractivity contribution is 5.78. The predicted molar refractivity (Wildman–Crippen MR) is 61.2 cm³/mol. The molecule has 0 aromatic carbocycles. The molecule has 5 nitrogen and oxygen atoms in total. The highest BCUT2D eigenvalue weighted by atomic mass is 16.5. The summed E-state index contributed by atoms with van der Waals surface area (Å²) in [6.45, 7) is 3.75. The molecule has 0 bridgehead atoms. The standard InChI is InChI=1S/C11H22N2O3/c1-9(8-14)13(2)7-11(15)12-10-3-5-16-6-4-10/h9-10,14H,3-8H2,1-2H3,(H,12,15). The average Bonchev–Trinajstić information content (AvgIpc) is 2.29. The van der Waals surface area contributed by atoms with E-state index in [0.29, 0.717) is 6.54 Å². The van der Waals surface area contributed by atoms with Gasteiger partial charge in [-0.15, -0.1) is 0 Å². The van der Waals surface area contributed by atoms with Crippen molar-refractivity contribution in [1.29, 1.82) is 0 Å². The Kier molecular flexibility index (Phi) is 5.73. The number of carbonyl (C=O) groups is 1. The van der Waals surface area contributed by atoms with E-state index in [1.165, 1.54) is 0 Å². The van der Waals surface area contributed by atoms with Gasteiger partial charge in [-0.1, -0.05) is 0 Å². The van der Waals surface area contributed by atoms with Gasteiger partial charge in [-0.3, -0.25) is 9.69 Å². The van der Waals surface area contributed by atoms with Crippen LogP contribution in [-0.4, -0.2) is 61.4 Å². The van der Waals surface area contributed by atoms with Crippen molar-refractivity contribution in [3.63, 3.8) is 0 Å². The highest BCUT2D eigenvalue weighted by Crippen LogP contribution is 2.06. The van der Waals surface area contributed by atoms with Crippen molar-refractivity contribution < 1.29 is 14.6 Å². The van der Waals surface area contributed by atoms with Crippen molar-refractivity contribution in [1.82, 2.24) is 10.2 Å². The van der Waals surface area contributed by atoms with E-state index in [1.54, 1.807) is 0 Å². The van der Waals surface area contributed by atoms with E-state index >= 15 is 0 Å². The Balaban J connectivity index is 2.23. The Hall–Kier alpha value is -0.650. The quantitative estimate of drug-likeness (QED) is 0.674. The maximum absolute atomic E-state index is 11.7. The first-order chi connectivity index (χ1) is 7.63. The molecule has 5 heteroatoms. The zero-order valence-electron chi connectivity index (χ0n) is 10.1. The minimum absolute atomic E-state index is 0.0143. The summed E-state index contributed by atoms with van der Waals surface area (Å²) in [5, 5.41) is 11.9. The van der Waals surface area contributed by atoms with E-state index in [2.05, 4.69) is 5.32 Å². The SMILES string of the molecule is CC(CO)N(C)CC(=O)NC1CCOCC1. The molecule has 0 aromatic heterocycles. The van der Waals surface area contributed by atoms with E-state index in [1.807, 2.05) is 18.9 Å². The molecule has 1 heterocycles. The summed E-state index contributed by atoms with van der Waals surface area (Å²) < 4.78 is 5.22. The molecule has 0 spiro atoms. The van der Waals surface area contributed by atoms with Gasteiger partial charge in [0, 0.05) is 25.3 Å². The lowest BCUT2D eigenvalue weighted by Gasteiger charge is -2.26. The fourth-order valence-electron chi connectivity index (χ4n) is 1.64. The number of nitrogens with zero attached hydrogens (tertiary/aromatic N) is 1. The second kappa shape index (κ2) is 6.83. The molecule has 1 unspecified atom stereocenters. The van der Waals surface area contributed by atoms with Crippen LogP contribution in [-0.2, 0) is 9.53 Å². The highest BCUT2D eigenvalue weighted by Gasteiger charge is 2.18. The molecule has 1 rings (SSSR count). The van der Waals surface area contributed by atoms with Crippen LogP contribution >= 0.6 is 0 Å². The minimum atomic E-state index is 0.0143. The van der Waals surface area contributed by atoms with E-state index in [0.717, 1.165) is 26.1 Å². The minimum Gasteiger partial charge on any atom is -0.395 e. The van der Waals surface area contributed by atoms with Crippen LogP contribution in [0.1, 0.15) is 19.8 Å². The van der Waals surface area contributed by atoms with Crippen LogP contribution in [0.5, 0.6) is 0 Å². The molecule has 1 saturated heterocycles. The van der Waals surface area contributed by atoms with E-state index in [4.69, 9.17) is 9.84 Å². The van der Waals surface area contributed by atoms with Crippen molar-refractivity contribution in [3.05, 3.63) is 0 Å². The number of likely N-dealkylation sites (N-methyl/N-ethyl adjacent to an activating group) is 1. The number of aliphatic hydroxyl groups is 1.